The second kappa shape index (κ2) is 8.62. The largest absolute Gasteiger partial charge is 0.465 e. The fourth-order valence-electron chi connectivity index (χ4n) is 2.05. The lowest BCUT2D eigenvalue weighted by molar-refractivity contribution is -0.0504. The maximum absolute atomic E-state index is 12.4. The third-order valence-corrected chi connectivity index (χ3v) is 3.17. The predicted molar refractivity (Wildman–Crippen MR) is 86.7 cm³/mol. The molecule has 0 bridgehead atoms. The Bertz CT molecular complexity index is 753. The van der Waals surface area contributed by atoms with E-state index in [-0.39, 0.29) is 17.9 Å². The first-order valence-corrected chi connectivity index (χ1v) is 7.25. The Balaban J connectivity index is 1.97. The Morgan fingerprint density at radius 1 is 1.12 bits per heavy atom. The summed E-state index contributed by atoms with van der Waals surface area (Å²) < 4.78 is 33.7. The first-order chi connectivity index (χ1) is 12.0. The topological polar surface area (TPSA) is 76.7 Å². The summed E-state index contributed by atoms with van der Waals surface area (Å²) in [6.45, 7) is -2.96. The highest BCUT2D eigenvalue weighted by Crippen LogP contribution is 2.20. The normalized spacial score (nSPS) is 10.2. The molecule has 132 valence electrons. The number of amides is 2. The highest BCUT2D eigenvalue weighted by molar-refractivity contribution is 5.93. The van der Waals surface area contributed by atoms with Gasteiger partial charge in [-0.15, -0.1) is 0 Å². The lowest BCUT2D eigenvalue weighted by Gasteiger charge is -2.12. The predicted octanol–water partition coefficient (Wildman–Crippen LogP) is 3.40. The van der Waals surface area contributed by atoms with Crippen LogP contribution in [0, 0.1) is 0 Å². The number of nitrogens with one attached hydrogen (secondary N) is 2. The lowest BCUT2D eigenvalue weighted by Crippen LogP contribution is -2.28. The van der Waals surface area contributed by atoms with Crippen molar-refractivity contribution in [2.45, 2.75) is 13.2 Å². The highest BCUT2D eigenvalue weighted by Gasteiger charge is 2.11. The zero-order chi connectivity index (χ0) is 18.2. The van der Waals surface area contributed by atoms with Gasteiger partial charge in [0.2, 0.25) is 0 Å². The van der Waals surface area contributed by atoms with Crippen LogP contribution in [0.3, 0.4) is 0 Å². The van der Waals surface area contributed by atoms with Crippen molar-refractivity contribution in [1.82, 2.24) is 5.32 Å². The second-order valence-electron chi connectivity index (χ2n) is 4.87. The summed E-state index contributed by atoms with van der Waals surface area (Å²) in [4.78, 5) is 23.4. The Morgan fingerprint density at radius 3 is 2.60 bits per heavy atom. The van der Waals surface area contributed by atoms with Gasteiger partial charge in [-0.25, -0.2) is 9.59 Å². The Morgan fingerprint density at radius 2 is 1.88 bits per heavy atom. The van der Waals surface area contributed by atoms with Gasteiger partial charge < -0.3 is 20.1 Å². The number of carbonyl (C=O) groups is 2. The number of methoxy groups -OCH3 is 1. The van der Waals surface area contributed by atoms with Gasteiger partial charge in [0.05, 0.1) is 12.7 Å². The van der Waals surface area contributed by atoms with E-state index in [1.54, 1.807) is 36.4 Å². The van der Waals surface area contributed by atoms with Crippen LogP contribution in [0.2, 0.25) is 0 Å². The van der Waals surface area contributed by atoms with Crippen molar-refractivity contribution in [2.75, 3.05) is 12.4 Å². The minimum absolute atomic E-state index is 0.00851. The fourth-order valence-corrected chi connectivity index (χ4v) is 2.05. The number of para-hydroxylation sites is 1. The standard InChI is InChI=1S/C17H16F2N2O4/c1-24-15(22)11-6-4-7-13(9-11)21-17(23)20-10-12-5-2-3-8-14(12)25-16(18)19/h2-9,16H,10H2,1H3,(H2,20,21,23). The maximum atomic E-state index is 12.4. The van der Waals surface area contributed by atoms with Crippen LogP contribution in [0.5, 0.6) is 5.75 Å². The minimum Gasteiger partial charge on any atom is -0.465 e. The van der Waals surface area contributed by atoms with Gasteiger partial charge in [0.15, 0.2) is 0 Å². The van der Waals surface area contributed by atoms with Crippen LogP contribution in [-0.4, -0.2) is 25.7 Å². The molecule has 2 rings (SSSR count). The number of esters is 1. The van der Waals surface area contributed by atoms with Crippen LogP contribution in [-0.2, 0) is 11.3 Å². The van der Waals surface area contributed by atoms with Gasteiger partial charge in [0.25, 0.3) is 0 Å². The third-order valence-electron chi connectivity index (χ3n) is 3.17. The molecule has 0 aliphatic rings. The van der Waals surface area contributed by atoms with Crippen LogP contribution in [0.1, 0.15) is 15.9 Å². The molecule has 0 saturated heterocycles. The molecule has 0 aliphatic carbocycles. The van der Waals surface area contributed by atoms with Crippen molar-refractivity contribution < 1.29 is 27.8 Å². The number of hydrogen-bond donors (Lipinski definition) is 2. The van der Waals surface area contributed by atoms with Gasteiger partial charge in [-0.05, 0) is 24.3 Å². The molecule has 0 atom stereocenters. The Labute approximate surface area is 142 Å². The Hall–Kier alpha value is -3.16. The fraction of sp³-hybridized carbons (Fsp3) is 0.176. The molecule has 2 aromatic carbocycles. The number of carbonyl (C=O) groups excluding carboxylic acids is 2. The number of urea groups is 1. The lowest BCUT2D eigenvalue weighted by atomic mass is 10.2. The van der Waals surface area contributed by atoms with Gasteiger partial charge >= 0.3 is 18.6 Å². The number of anilines is 1. The SMILES string of the molecule is COC(=O)c1cccc(NC(=O)NCc2ccccc2OC(F)F)c1. The quantitative estimate of drug-likeness (QED) is 0.783. The summed E-state index contributed by atoms with van der Waals surface area (Å²) >= 11 is 0. The van der Waals surface area contributed by atoms with E-state index in [2.05, 4.69) is 20.1 Å². The van der Waals surface area contributed by atoms with Crippen LogP contribution in [0.4, 0.5) is 19.3 Å². The van der Waals surface area contributed by atoms with Crippen LogP contribution in [0.15, 0.2) is 48.5 Å². The monoisotopic (exact) mass is 350 g/mol. The third kappa shape index (κ3) is 5.45. The van der Waals surface area contributed by atoms with Crippen LogP contribution < -0.4 is 15.4 Å². The number of rotatable bonds is 6. The second-order valence-corrected chi connectivity index (χ2v) is 4.87. The molecule has 0 unspecified atom stereocenters. The van der Waals surface area contributed by atoms with Crippen molar-refractivity contribution >= 4 is 17.7 Å². The van der Waals surface area contributed by atoms with E-state index in [1.807, 2.05) is 0 Å². The molecule has 0 aliphatic heterocycles. The van der Waals surface area contributed by atoms with E-state index in [0.717, 1.165) is 0 Å². The first-order valence-electron chi connectivity index (χ1n) is 7.25. The Kier molecular flexibility index (Phi) is 6.27. The summed E-state index contributed by atoms with van der Waals surface area (Å²) in [5.74, 6) is -0.535. The van der Waals surface area contributed by atoms with Crippen molar-refractivity contribution in [3.05, 3.63) is 59.7 Å². The molecule has 0 aromatic heterocycles. The first kappa shape index (κ1) is 18.2. The zero-order valence-electron chi connectivity index (χ0n) is 13.3. The van der Waals surface area contributed by atoms with Crippen molar-refractivity contribution in [1.29, 1.82) is 0 Å². The summed E-state index contributed by atoms with van der Waals surface area (Å²) in [5.41, 5.74) is 1.08. The average Bonchev–Trinajstić information content (AvgIpc) is 2.60. The van der Waals surface area contributed by atoms with E-state index in [1.165, 1.54) is 19.2 Å². The average molecular weight is 350 g/mol. The molecule has 0 heterocycles. The van der Waals surface area contributed by atoms with Gasteiger partial charge in [-0.2, -0.15) is 8.78 Å². The van der Waals surface area contributed by atoms with E-state index >= 15 is 0 Å². The van der Waals surface area contributed by atoms with Crippen molar-refractivity contribution in [2.24, 2.45) is 0 Å². The molecule has 0 saturated carbocycles. The molecule has 2 aromatic rings. The zero-order valence-corrected chi connectivity index (χ0v) is 13.3. The summed E-state index contributed by atoms with van der Waals surface area (Å²) in [5, 5.41) is 5.08. The summed E-state index contributed by atoms with van der Waals surface area (Å²) in [7, 11) is 1.26. The van der Waals surface area contributed by atoms with Gasteiger partial charge in [-0.1, -0.05) is 24.3 Å². The van der Waals surface area contributed by atoms with E-state index < -0.39 is 18.6 Å². The van der Waals surface area contributed by atoms with E-state index in [4.69, 9.17) is 0 Å². The number of ether oxygens (including phenoxy) is 2. The van der Waals surface area contributed by atoms with E-state index in [0.29, 0.717) is 11.3 Å². The number of halogens is 2. The molecule has 2 amide bonds. The molecule has 0 radical (unpaired) electrons. The van der Waals surface area contributed by atoms with E-state index in [9.17, 15) is 18.4 Å². The number of benzene rings is 2. The van der Waals surface area contributed by atoms with Crippen molar-refractivity contribution in [3.8, 4) is 5.75 Å². The molecule has 8 heteroatoms. The highest BCUT2D eigenvalue weighted by atomic mass is 19.3. The number of hydrogen-bond acceptors (Lipinski definition) is 4. The molecular weight excluding hydrogens is 334 g/mol. The van der Waals surface area contributed by atoms with Crippen LogP contribution >= 0.6 is 0 Å². The maximum Gasteiger partial charge on any atom is 0.387 e. The molecule has 25 heavy (non-hydrogen) atoms. The number of alkyl halides is 2. The molecule has 0 spiro atoms. The minimum atomic E-state index is -2.95. The van der Waals surface area contributed by atoms with Crippen LogP contribution in [0.25, 0.3) is 0 Å². The van der Waals surface area contributed by atoms with Gasteiger partial charge in [0, 0.05) is 17.8 Å². The summed E-state index contributed by atoms with van der Waals surface area (Å²) in [6, 6.07) is 11.8. The molecule has 0 fully saturated rings. The molecule has 6 nitrogen and oxygen atoms in total. The smallest absolute Gasteiger partial charge is 0.387 e. The molecular formula is C17H16F2N2O4. The molecule has 2 N–H and O–H groups in total. The summed E-state index contributed by atoms with van der Waals surface area (Å²) in [6.07, 6.45) is 0. The van der Waals surface area contributed by atoms with Crippen molar-refractivity contribution in [3.63, 3.8) is 0 Å². The van der Waals surface area contributed by atoms with Gasteiger partial charge in [0.1, 0.15) is 5.75 Å². The van der Waals surface area contributed by atoms with Gasteiger partial charge in [-0.3, -0.25) is 0 Å².